The Bertz CT molecular complexity index is 800. The van der Waals surface area contributed by atoms with Crippen molar-refractivity contribution >= 4 is 29.2 Å². The number of morpholine rings is 1. The van der Waals surface area contributed by atoms with E-state index >= 15 is 0 Å². The third-order valence-corrected chi connectivity index (χ3v) is 4.69. The van der Waals surface area contributed by atoms with Crippen LogP contribution in [0.2, 0.25) is 5.02 Å². The van der Waals surface area contributed by atoms with Crippen LogP contribution in [-0.2, 0) is 4.74 Å². The predicted octanol–water partition coefficient (Wildman–Crippen LogP) is 3.18. The Morgan fingerprint density at radius 3 is 2.46 bits per heavy atom. The van der Waals surface area contributed by atoms with Crippen LogP contribution in [0.15, 0.2) is 53.5 Å². The van der Waals surface area contributed by atoms with Gasteiger partial charge in [-0.15, -0.1) is 0 Å². The highest BCUT2D eigenvalue weighted by Gasteiger charge is 2.11. The zero-order chi connectivity index (χ0) is 19.8. The second kappa shape index (κ2) is 10.2. The Kier molecular flexibility index (Phi) is 7.42. The van der Waals surface area contributed by atoms with E-state index in [0.29, 0.717) is 23.1 Å². The van der Waals surface area contributed by atoms with Gasteiger partial charge in [0.1, 0.15) is 0 Å². The van der Waals surface area contributed by atoms with E-state index < -0.39 is 0 Å². The van der Waals surface area contributed by atoms with E-state index in [1.165, 1.54) is 5.56 Å². The molecular formula is C21H25ClN4O2. The molecule has 6 nitrogen and oxygen atoms in total. The molecule has 2 aromatic carbocycles. The van der Waals surface area contributed by atoms with Gasteiger partial charge in [-0.05, 0) is 43.3 Å². The van der Waals surface area contributed by atoms with E-state index in [1.807, 2.05) is 31.2 Å². The zero-order valence-electron chi connectivity index (χ0n) is 16.0. The molecule has 1 fully saturated rings. The summed E-state index contributed by atoms with van der Waals surface area (Å²) in [6.07, 6.45) is 0. The third kappa shape index (κ3) is 6.34. The van der Waals surface area contributed by atoms with E-state index in [-0.39, 0.29) is 5.91 Å². The molecule has 0 unspecified atom stereocenters. The fourth-order valence-corrected chi connectivity index (χ4v) is 2.92. The molecule has 0 aliphatic carbocycles. The van der Waals surface area contributed by atoms with Gasteiger partial charge >= 0.3 is 0 Å². The summed E-state index contributed by atoms with van der Waals surface area (Å²) in [6, 6.07) is 14.7. The van der Waals surface area contributed by atoms with E-state index in [4.69, 9.17) is 16.3 Å². The molecule has 3 rings (SSSR count). The van der Waals surface area contributed by atoms with Crippen LogP contribution in [0.5, 0.6) is 0 Å². The highest BCUT2D eigenvalue weighted by molar-refractivity contribution is 6.30. The van der Waals surface area contributed by atoms with Crippen molar-refractivity contribution in [3.05, 3.63) is 64.7 Å². The minimum atomic E-state index is -0.235. The van der Waals surface area contributed by atoms with Crippen molar-refractivity contribution < 1.29 is 9.53 Å². The van der Waals surface area contributed by atoms with E-state index in [0.717, 1.165) is 38.5 Å². The first-order valence-corrected chi connectivity index (χ1v) is 9.73. The average Bonchev–Trinajstić information content (AvgIpc) is 2.71. The number of ether oxygens (including phenoxy) is 1. The van der Waals surface area contributed by atoms with E-state index in [1.54, 1.807) is 24.3 Å². The molecule has 1 aliphatic heterocycles. The molecular weight excluding hydrogens is 376 g/mol. The molecule has 2 aromatic rings. The summed E-state index contributed by atoms with van der Waals surface area (Å²) in [5, 5.41) is 6.66. The number of rotatable bonds is 5. The average molecular weight is 401 g/mol. The first-order chi connectivity index (χ1) is 13.6. The Balaban J connectivity index is 1.67. The van der Waals surface area contributed by atoms with Crippen LogP contribution in [0.1, 0.15) is 15.9 Å². The number of aliphatic imine (C=N–C) groups is 1. The number of amides is 1. The van der Waals surface area contributed by atoms with Gasteiger partial charge in [0.05, 0.1) is 19.8 Å². The van der Waals surface area contributed by atoms with Crippen molar-refractivity contribution in [1.29, 1.82) is 0 Å². The Hall–Kier alpha value is -2.41. The molecule has 2 N–H and O–H groups in total. The van der Waals surface area contributed by atoms with Gasteiger partial charge in [-0.2, -0.15) is 0 Å². The number of halogens is 1. The summed E-state index contributed by atoms with van der Waals surface area (Å²) in [4.78, 5) is 19.5. The third-order valence-electron chi connectivity index (χ3n) is 4.44. The molecule has 1 saturated heterocycles. The predicted molar refractivity (Wildman–Crippen MR) is 113 cm³/mol. The fourth-order valence-electron chi connectivity index (χ4n) is 2.79. The van der Waals surface area contributed by atoms with Crippen LogP contribution < -0.4 is 10.6 Å². The van der Waals surface area contributed by atoms with Crippen molar-refractivity contribution in [3.63, 3.8) is 0 Å². The fraction of sp³-hybridized carbons (Fsp3) is 0.333. The van der Waals surface area contributed by atoms with Gasteiger partial charge in [-0.25, -0.2) is 0 Å². The molecule has 0 atom stereocenters. The molecule has 7 heteroatoms. The van der Waals surface area contributed by atoms with Crippen LogP contribution in [0, 0.1) is 6.92 Å². The van der Waals surface area contributed by atoms with Crippen LogP contribution in [0.25, 0.3) is 0 Å². The van der Waals surface area contributed by atoms with Gasteiger partial charge in [-0.3, -0.25) is 20.0 Å². The number of benzene rings is 2. The lowest BCUT2D eigenvalue weighted by Crippen LogP contribution is -2.39. The van der Waals surface area contributed by atoms with Crippen molar-refractivity contribution in [2.45, 2.75) is 6.92 Å². The van der Waals surface area contributed by atoms with Crippen molar-refractivity contribution in [2.75, 3.05) is 44.7 Å². The molecule has 0 bridgehead atoms. The maximum atomic E-state index is 12.6. The van der Waals surface area contributed by atoms with Crippen LogP contribution in [0.4, 0.5) is 5.69 Å². The largest absolute Gasteiger partial charge is 0.379 e. The molecule has 1 amide bonds. The molecule has 1 aliphatic rings. The van der Waals surface area contributed by atoms with Crippen LogP contribution in [0.3, 0.4) is 0 Å². The number of hydrogen-bond acceptors (Lipinski definition) is 4. The van der Waals surface area contributed by atoms with Gasteiger partial charge < -0.3 is 10.1 Å². The van der Waals surface area contributed by atoms with Crippen molar-refractivity contribution in [1.82, 2.24) is 10.2 Å². The van der Waals surface area contributed by atoms with E-state index in [9.17, 15) is 4.79 Å². The smallest absolute Gasteiger partial charge is 0.257 e. The molecule has 0 radical (unpaired) electrons. The Morgan fingerprint density at radius 2 is 1.79 bits per heavy atom. The number of guanidine groups is 1. The maximum absolute atomic E-state index is 12.6. The van der Waals surface area contributed by atoms with Gasteiger partial charge in [0.2, 0.25) is 5.96 Å². The first kappa shape index (κ1) is 20.3. The van der Waals surface area contributed by atoms with Gasteiger partial charge in [0.25, 0.3) is 5.91 Å². The highest BCUT2D eigenvalue weighted by atomic mass is 35.5. The second-order valence-electron chi connectivity index (χ2n) is 6.64. The molecule has 1 heterocycles. The van der Waals surface area contributed by atoms with Gasteiger partial charge in [0.15, 0.2) is 0 Å². The molecule has 148 valence electrons. The number of nitrogens with zero attached hydrogens (tertiary/aromatic N) is 2. The highest BCUT2D eigenvalue weighted by Crippen LogP contribution is 2.11. The van der Waals surface area contributed by atoms with Crippen LogP contribution >= 0.6 is 11.6 Å². The maximum Gasteiger partial charge on any atom is 0.257 e. The standard InChI is InChI=1S/C21H25ClN4O2/c1-16-2-8-19(9-3-16)24-21(23-10-11-26-12-14-28-15-13-26)25-20(27)17-4-6-18(22)7-5-17/h2-9H,10-15H2,1H3,(H2,23,24,25,27). The van der Waals surface area contributed by atoms with Gasteiger partial charge in [-0.1, -0.05) is 29.3 Å². The number of nitrogens with one attached hydrogen (secondary N) is 2. The summed E-state index contributed by atoms with van der Waals surface area (Å²) in [5.74, 6) is 0.193. The topological polar surface area (TPSA) is 66.0 Å². The van der Waals surface area contributed by atoms with Gasteiger partial charge in [0, 0.05) is 35.9 Å². The molecule has 28 heavy (non-hydrogen) atoms. The number of carbonyl (C=O) groups is 1. The SMILES string of the molecule is Cc1ccc(NC(=NCCN2CCOCC2)NC(=O)c2ccc(Cl)cc2)cc1. The van der Waals surface area contributed by atoms with E-state index in [2.05, 4.69) is 20.5 Å². The first-order valence-electron chi connectivity index (χ1n) is 9.35. The lowest BCUT2D eigenvalue weighted by atomic mass is 10.2. The molecule has 0 spiro atoms. The summed E-state index contributed by atoms with van der Waals surface area (Å²) < 4.78 is 5.37. The lowest BCUT2D eigenvalue weighted by molar-refractivity contribution is 0.0394. The summed E-state index contributed by atoms with van der Waals surface area (Å²) >= 11 is 5.90. The molecule has 0 saturated carbocycles. The number of aryl methyl sites for hydroxylation is 1. The van der Waals surface area contributed by atoms with Crippen molar-refractivity contribution in [2.24, 2.45) is 4.99 Å². The summed E-state index contributed by atoms with van der Waals surface area (Å²) in [5.41, 5.74) is 2.56. The summed E-state index contributed by atoms with van der Waals surface area (Å²) in [6.45, 7) is 6.76. The quantitative estimate of drug-likeness (QED) is 0.597. The normalized spacial score (nSPS) is 15.3. The Labute approximate surface area is 170 Å². The van der Waals surface area contributed by atoms with Crippen LogP contribution in [-0.4, -0.2) is 56.2 Å². The Morgan fingerprint density at radius 1 is 1.11 bits per heavy atom. The molecule has 0 aromatic heterocycles. The monoisotopic (exact) mass is 400 g/mol. The van der Waals surface area contributed by atoms with Crippen molar-refractivity contribution in [3.8, 4) is 0 Å². The number of hydrogen-bond donors (Lipinski definition) is 2. The lowest BCUT2D eigenvalue weighted by Gasteiger charge is -2.25. The minimum absolute atomic E-state index is 0.235. The second-order valence-corrected chi connectivity index (χ2v) is 7.07. The zero-order valence-corrected chi connectivity index (χ0v) is 16.7. The summed E-state index contributed by atoms with van der Waals surface area (Å²) in [7, 11) is 0. The number of anilines is 1. The minimum Gasteiger partial charge on any atom is -0.379 e. The number of carbonyl (C=O) groups excluding carboxylic acids is 1.